The van der Waals surface area contributed by atoms with Gasteiger partial charge in [-0.25, -0.2) is 18.0 Å². The Kier molecular flexibility index (Phi) is 5.20. The second kappa shape index (κ2) is 7.56. The van der Waals surface area contributed by atoms with Crippen LogP contribution in [0, 0.1) is 17.5 Å². The predicted molar refractivity (Wildman–Crippen MR) is 94.0 cm³/mol. The number of rotatable bonds is 4. The third-order valence-electron chi connectivity index (χ3n) is 4.31. The molecular formula is C18H17F3N4O2. The van der Waals surface area contributed by atoms with E-state index in [1.165, 1.54) is 19.2 Å². The lowest BCUT2D eigenvalue weighted by atomic mass is 9.92. The van der Waals surface area contributed by atoms with E-state index in [2.05, 4.69) is 21.3 Å². The van der Waals surface area contributed by atoms with Crippen LogP contribution in [0.3, 0.4) is 0 Å². The van der Waals surface area contributed by atoms with Crippen LogP contribution in [0.2, 0.25) is 0 Å². The summed E-state index contributed by atoms with van der Waals surface area (Å²) in [7, 11) is 1.53. The molecule has 3 amide bonds. The van der Waals surface area contributed by atoms with Gasteiger partial charge in [0.15, 0.2) is 0 Å². The number of halogens is 3. The van der Waals surface area contributed by atoms with Crippen molar-refractivity contribution in [2.75, 3.05) is 24.2 Å². The molecule has 0 unspecified atom stereocenters. The average Bonchev–Trinajstić information content (AvgIpc) is 2.97. The fraction of sp³-hybridized carbons (Fsp3) is 0.222. The zero-order chi connectivity index (χ0) is 19.6. The molecule has 0 spiro atoms. The Bertz CT molecular complexity index is 850. The first kappa shape index (κ1) is 18.6. The highest BCUT2D eigenvalue weighted by molar-refractivity contribution is 5.95. The quantitative estimate of drug-likeness (QED) is 0.660. The van der Waals surface area contributed by atoms with Crippen LogP contribution in [0.5, 0.6) is 0 Å². The number of nitrogens with one attached hydrogen (secondary N) is 4. The zero-order valence-electron chi connectivity index (χ0n) is 14.3. The number of amides is 3. The first-order valence-corrected chi connectivity index (χ1v) is 8.16. The highest BCUT2D eigenvalue weighted by Gasteiger charge is 2.39. The second-order valence-corrected chi connectivity index (χ2v) is 6.04. The van der Waals surface area contributed by atoms with Gasteiger partial charge in [-0.1, -0.05) is 0 Å². The second-order valence-electron chi connectivity index (χ2n) is 6.04. The Balaban J connectivity index is 1.78. The maximum absolute atomic E-state index is 14.4. The van der Waals surface area contributed by atoms with Crippen LogP contribution in [0.1, 0.15) is 11.5 Å². The van der Waals surface area contributed by atoms with E-state index < -0.39 is 41.3 Å². The van der Waals surface area contributed by atoms with Crippen molar-refractivity contribution in [3.8, 4) is 0 Å². The first-order chi connectivity index (χ1) is 12.9. The van der Waals surface area contributed by atoms with Crippen molar-refractivity contribution < 1.29 is 22.8 Å². The third kappa shape index (κ3) is 3.97. The molecule has 1 fully saturated rings. The SMILES string of the molecule is CNc1cc(F)c([C@@H]2CNC(=O)[C@H]2NC(=O)Nc2ccc(F)cc2)c(F)c1. The molecule has 2 aromatic carbocycles. The highest BCUT2D eigenvalue weighted by Crippen LogP contribution is 2.30. The van der Waals surface area contributed by atoms with Crippen molar-refractivity contribution in [2.45, 2.75) is 12.0 Å². The molecule has 0 saturated carbocycles. The van der Waals surface area contributed by atoms with Gasteiger partial charge in [0.2, 0.25) is 5.91 Å². The molecule has 4 N–H and O–H groups in total. The summed E-state index contributed by atoms with van der Waals surface area (Å²) in [6, 6.07) is 5.35. The molecular weight excluding hydrogens is 361 g/mol. The van der Waals surface area contributed by atoms with Gasteiger partial charge >= 0.3 is 6.03 Å². The lowest BCUT2D eigenvalue weighted by Crippen LogP contribution is -2.45. The maximum Gasteiger partial charge on any atom is 0.319 e. The predicted octanol–water partition coefficient (Wildman–Crippen LogP) is 2.55. The largest absolute Gasteiger partial charge is 0.388 e. The third-order valence-corrected chi connectivity index (χ3v) is 4.31. The van der Waals surface area contributed by atoms with Crippen molar-refractivity contribution in [3.05, 3.63) is 59.4 Å². The van der Waals surface area contributed by atoms with E-state index in [1.54, 1.807) is 0 Å². The minimum absolute atomic E-state index is 0.0208. The highest BCUT2D eigenvalue weighted by atomic mass is 19.1. The molecule has 6 nitrogen and oxygen atoms in total. The van der Waals surface area contributed by atoms with Gasteiger partial charge in [0.05, 0.1) is 0 Å². The van der Waals surface area contributed by atoms with Crippen LogP contribution >= 0.6 is 0 Å². The van der Waals surface area contributed by atoms with Crippen LogP contribution in [0.25, 0.3) is 0 Å². The summed E-state index contributed by atoms with van der Waals surface area (Å²) in [5.74, 6) is -3.56. The molecule has 1 aliphatic rings. The van der Waals surface area contributed by atoms with E-state index >= 15 is 0 Å². The number of benzene rings is 2. The lowest BCUT2D eigenvalue weighted by Gasteiger charge is -2.20. The number of carbonyl (C=O) groups excluding carboxylic acids is 2. The van der Waals surface area contributed by atoms with E-state index in [0.29, 0.717) is 5.69 Å². The minimum Gasteiger partial charge on any atom is -0.388 e. The Morgan fingerprint density at radius 1 is 1.07 bits per heavy atom. The fourth-order valence-electron chi connectivity index (χ4n) is 2.98. The fourth-order valence-corrected chi connectivity index (χ4v) is 2.98. The molecule has 1 aliphatic heterocycles. The first-order valence-electron chi connectivity index (χ1n) is 8.16. The van der Waals surface area contributed by atoms with Gasteiger partial charge in [0.25, 0.3) is 0 Å². The molecule has 0 bridgehead atoms. The summed E-state index contributed by atoms with van der Waals surface area (Å²) >= 11 is 0. The number of carbonyl (C=O) groups is 2. The minimum atomic E-state index is -1.16. The van der Waals surface area contributed by atoms with Crippen molar-refractivity contribution in [3.63, 3.8) is 0 Å². The van der Waals surface area contributed by atoms with Crippen LogP contribution in [-0.4, -0.2) is 31.6 Å². The summed E-state index contributed by atoms with van der Waals surface area (Å²) < 4.78 is 41.7. The normalized spacial score (nSPS) is 18.7. The van der Waals surface area contributed by atoms with Gasteiger partial charge in [-0.2, -0.15) is 0 Å². The molecule has 0 aliphatic carbocycles. The number of hydrogen-bond donors (Lipinski definition) is 4. The van der Waals surface area contributed by atoms with E-state index in [0.717, 1.165) is 24.3 Å². The summed E-state index contributed by atoms with van der Waals surface area (Å²) in [5, 5.41) is 10.00. The van der Waals surface area contributed by atoms with E-state index in [4.69, 9.17) is 0 Å². The summed E-state index contributed by atoms with van der Waals surface area (Å²) in [6.45, 7) is -0.0208. The van der Waals surface area contributed by atoms with Crippen LogP contribution in [-0.2, 0) is 4.79 Å². The van der Waals surface area contributed by atoms with E-state index in [1.807, 2.05) is 0 Å². The molecule has 27 heavy (non-hydrogen) atoms. The van der Waals surface area contributed by atoms with Gasteiger partial charge in [-0.15, -0.1) is 0 Å². The van der Waals surface area contributed by atoms with Crippen molar-refractivity contribution in [2.24, 2.45) is 0 Å². The molecule has 0 radical (unpaired) electrons. The van der Waals surface area contributed by atoms with Gasteiger partial charge < -0.3 is 21.3 Å². The van der Waals surface area contributed by atoms with Gasteiger partial charge in [-0.05, 0) is 36.4 Å². The number of urea groups is 1. The summed E-state index contributed by atoms with van der Waals surface area (Å²) in [5.41, 5.74) is 0.281. The molecule has 2 aromatic rings. The summed E-state index contributed by atoms with van der Waals surface area (Å²) in [4.78, 5) is 24.2. The van der Waals surface area contributed by atoms with Crippen LogP contribution in [0.4, 0.5) is 29.3 Å². The van der Waals surface area contributed by atoms with Crippen LogP contribution in [0.15, 0.2) is 36.4 Å². The monoisotopic (exact) mass is 378 g/mol. The average molecular weight is 378 g/mol. The van der Waals surface area contributed by atoms with E-state index in [9.17, 15) is 22.8 Å². The molecule has 142 valence electrons. The smallest absolute Gasteiger partial charge is 0.319 e. The molecule has 0 aromatic heterocycles. The Morgan fingerprint density at radius 3 is 2.30 bits per heavy atom. The maximum atomic E-state index is 14.4. The standard InChI is InChI=1S/C18H17F3N4O2/c1-22-11-6-13(20)15(14(21)7-11)12-8-23-17(26)16(12)25-18(27)24-10-4-2-9(19)3-5-10/h2-7,12,16,22H,8H2,1H3,(H,23,26)(H2,24,25,27)/t12-,16-/m0/s1. The molecule has 1 saturated heterocycles. The Hall–Kier alpha value is -3.23. The lowest BCUT2D eigenvalue weighted by molar-refractivity contribution is -0.120. The zero-order valence-corrected chi connectivity index (χ0v) is 14.3. The van der Waals surface area contributed by atoms with Crippen LogP contribution < -0.4 is 21.3 Å². The number of anilines is 2. The van der Waals surface area contributed by atoms with Crippen molar-refractivity contribution in [1.29, 1.82) is 0 Å². The Labute approximate surface area is 153 Å². The molecule has 3 rings (SSSR count). The molecule has 1 heterocycles. The van der Waals surface area contributed by atoms with Gasteiger partial charge in [-0.3, -0.25) is 4.79 Å². The van der Waals surface area contributed by atoms with Gasteiger partial charge in [0, 0.05) is 36.4 Å². The molecule has 2 atom stereocenters. The summed E-state index contributed by atoms with van der Waals surface area (Å²) in [6.07, 6.45) is 0. The number of hydrogen-bond acceptors (Lipinski definition) is 3. The Morgan fingerprint density at radius 2 is 1.70 bits per heavy atom. The molecule has 9 heteroatoms. The van der Waals surface area contributed by atoms with Gasteiger partial charge in [0.1, 0.15) is 23.5 Å². The topological polar surface area (TPSA) is 82.3 Å². The van der Waals surface area contributed by atoms with Crippen molar-refractivity contribution >= 4 is 23.3 Å². The van der Waals surface area contributed by atoms with Crippen molar-refractivity contribution in [1.82, 2.24) is 10.6 Å². The van der Waals surface area contributed by atoms with E-state index in [-0.39, 0.29) is 17.8 Å².